The maximum Gasteiger partial charge on any atom is -0.0809 e. The number of rotatable bonds is 0. The number of benzene rings is 2. The molecule has 2 unspecified atom stereocenters. The van der Waals surface area contributed by atoms with Crippen molar-refractivity contribution in [1.29, 1.82) is 0 Å². The zero-order chi connectivity index (χ0) is 28.4. The van der Waals surface area contributed by atoms with E-state index in [1.165, 1.54) is 107 Å². The fourth-order valence-electron chi connectivity index (χ4n) is 5.47. The quantitative estimate of drug-likeness (QED) is 0.122. The molecule has 0 N–H and O–H groups in total. The molecule has 2 atom stereocenters. The summed E-state index contributed by atoms with van der Waals surface area (Å²) in [4.78, 5) is 0. The molecule has 8 rings (SSSR count). The van der Waals surface area contributed by atoms with Crippen molar-refractivity contribution in [2.75, 3.05) is 0 Å². The molecule has 0 nitrogen and oxygen atoms in total. The van der Waals surface area contributed by atoms with E-state index in [1.54, 1.807) is 11.1 Å². The molecule has 264 valence electrons. The van der Waals surface area contributed by atoms with E-state index in [0.717, 1.165) is 11.8 Å². The van der Waals surface area contributed by atoms with Gasteiger partial charge in [-0.1, -0.05) is 25.0 Å². The van der Waals surface area contributed by atoms with Crippen LogP contribution in [0.4, 0.5) is 0 Å². The van der Waals surface area contributed by atoms with E-state index in [4.69, 9.17) is 0 Å². The summed E-state index contributed by atoms with van der Waals surface area (Å²) < 4.78 is 0. The molecule has 2 fully saturated rings. The minimum atomic E-state index is 0. The Kier molecular flexibility index (Phi) is 45.5. The molecule has 4 radical (unpaired) electrons. The van der Waals surface area contributed by atoms with Gasteiger partial charge in [-0.25, -0.2) is 36.1 Å². The van der Waals surface area contributed by atoms with Crippen LogP contribution in [0.3, 0.4) is 0 Å². The molecule has 4 aliphatic carbocycles. The van der Waals surface area contributed by atoms with Crippen LogP contribution < -0.4 is 0 Å². The van der Waals surface area contributed by atoms with Crippen molar-refractivity contribution in [1.82, 2.24) is 0 Å². The van der Waals surface area contributed by atoms with Crippen molar-refractivity contribution in [3.05, 3.63) is 175 Å². The Morgan fingerprint density at radius 2 is 0.875 bits per heavy atom. The molecule has 4 aromatic rings. The molecule has 0 amide bonds. The number of allylic oxidation sites excluding steroid dienone is 8. The maximum absolute atomic E-state index is 3.06. The van der Waals surface area contributed by atoms with E-state index in [-0.39, 0.29) is 79.3 Å². The van der Waals surface area contributed by atoms with Crippen LogP contribution in [0.2, 0.25) is 0 Å². The van der Waals surface area contributed by atoms with Crippen molar-refractivity contribution in [2.24, 2.45) is 11.8 Å². The summed E-state index contributed by atoms with van der Waals surface area (Å²) in [5, 5.41) is 5.32. The van der Waals surface area contributed by atoms with Crippen LogP contribution >= 0.6 is 49.6 Å². The van der Waals surface area contributed by atoms with E-state index < -0.39 is 0 Å². The average Bonchev–Trinajstić information content (AvgIpc) is 3.86. The Morgan fingerprint density at radius 1 is 0.521 bits per heavy atom. The Bertz CT molecular complexity index is 1260. The number of hydrogen-bond donors (Lipinski definition) is 0. The van der Waals surface area contributed by atoms with Gasteiger partial charge in [0.1, 0.15) is 0 Å². The van der Waals surface area contributed by atoms with Crippen LogP contribution in [0.15, 0.2) is 133 Å². The Balaban J connectivity index is -0.000000112. The number of fused-ring (bicyclic) bond motifs is 4. The minimum absolute atomic E-state index is 0. The Hall–Kier alpha value is -0.280. The third kappa shape index (κ3) is 19.9. The summed E-state index contributed by atoms with van der Waals surface area (Å²) in [6.07, 6.45) is 26.1. The molecule has 0 saturated heterocycles. The number of halogens is 4. The average molecular weight is 913 g/mol. The van der Waals surface area contributed by atoms with Crippen LogP contribution in [0.5, 0.6) is 0 Å². The Labute approximate surface area is 353 Å². The monoisotopic (exact) mass is 908 g/mol. The summed E-state index contributed by atoms with van der Waals surface area (Å²) in [6.45, 7) is 6.12. The third-order valence-corrected chi connectivity index (χ3v) is 7.52. The first-order valence-corrected chi connectivity index (χ1v) is 22.3. The predicted molar refractivity (Wildman–Crippen MR) is 223 cm³/mol. The largest absolute Gasteiger partial charge is 0.168 e. The van der Waals surface area contributed by atoms with Gasteiger partial charge >= 0.3 is 60.4 Å². The molecule has 0 heterocycles. The topological polar surface area (TPSA) is 0 Å². The maximum atomic E-state index is 3.06. The van der Waals surface area contributed by atoms with Gasteiger partial charge in [-0.05, 0) is 24.7 Å². The third-order valence-electron chi connectivity index (χ3n) is 7.52. The van der Waals surface area contributed by atoms with Crippen molar-refractivity contribution in [3.63, 3.8) is 0 Å². The molecule has 0 bridgehead atoms. The fourth-order valence-corrected chi connectivity index (χ4v) is 5.47. The van der Waals surface area contributed by atoms with E-state index in [1.807, 2.05) is 0 Å². The number of hydrogen-bond acceptors (Lipinski definition) is 0. The smallest absolute Gasteiger partial charge is 0.0809 e. The first-order chi connectivity index (χ1) is 19.9. The SMILES string of the molecule is C1=CCC2CC[CH-]C2=C1.C1=CCC2CC[CH-]C2=C1.Cl.Cl.Cl.Cl.[CH3-].[CH3-].[CH3-].[CH3-].[Si]=[Zr].[Si]=[Zr].c1ccc2[cH-]ccc2c1.c1ccc2[cH-]ccc2c1. The van der Waals surface area contributed by atoms with Crippen molar-refractivity contribution in [3.8, 4) is 0 Å². The van der Waals surface area contributed by atoms with E-state index in [0.29, 0.717) is 0 Å². The van der Waals surface area contributed by atoms with Gasteiger partial charge in [0.15, 0.2) is 0 Å². The first kappa shape index (κ1) is 59.8. The summed E-state index contributed by atoms with van der Waals surface area (Å²) in [6, 6.07) is 29.3. The minimum Gasteiger partial charge on any atom is -0.168 e. The van der Waals surface area contributed by atoms with Crippen LogP contribution in [-0.4, -0.2) is 13.8 Å². The molecule has 4 aromatic carbocycles. The zero-order valence-electron chi connectivity index (χ0n) is 28.7. The summed E-state index contributed by atoms with van der Waals surface area (Å²) in [5.74, 6) is 1.77. The molecule has 4 aliphatic rings. The fraction of sp³-hybridized carbons (Fsp3) is 0.200. The van der Waals surface area contributed by atoms with Crippen LogP contribution in [0, 0.1) is 54.4 Å². The van der Waals surface area contributed by atoms with E-state index in [9.17, 15) is 0 Å². The van der Waals surface area contributed by atoms with E-state index >= 15 is 0 Å². The molecule has 0 spiro atoms. The van der Waals surface area contributed by atoms with Gasteiger partial charge in [0.25, 0.3) is 0 Å². The summed E-state index contributed by atoms with van der Waals surface area (Å²) in [5.41, 5.74) is 3.16. The molecule has 0 aromatic heterocycles. The zero-order valence-corrected chi connectivity index (χ0v) is 38.9. The van der Waals surface area contributed by atoms with Crippen LogP contribution in [-0.2, 0) is 46.7 Å². The molecule has 0 aliphatic heterocycles. The van der Waals surface area contributed by atoms with Gasteiger partial charge in [0.2, 0.25) is 0 Å². The van der Waals surface area contributed by atoms with Gasteiger partial charge in [0, 0.05) is 0 Å². The van der Waals surface area contributed by atoms with Crippen molar-refractivity contribution in [2.45, 2.75) is 38.5 Å². The summed E-state index contributed by atoms with van der Waals surface area (Å²) >= 11 is 2.71. The normalized spacial score (nSPS) is 15.6. The first-order valence-electron chi connectivity index (χ1n) is 14.0. The second-order valence-electron chi connectivity index (χ2n) is 9.93. The van der Waals surface area contributed by atoms with Gasteiger partial charge < -0.3 is 29.7 Å². The van der Waals surface area contributed by atoms with Gasteiger partial charge in [-0.3, -0.25) is 0 Å². The molecular weight excluding hydrogens is 861 g/mol. The molecule has 2 saturated carbocycles. The second kappa shape index (κ2) is 36.5. The molecule has 8 heteroatoms. The van der Waals surface area contributed by atoms with Gasteiger partial charge in [-0.2, -0.15) is 35.0 Å². The van der Waals surface area contributed by atoms with Gasteiger partial charge in [0.05, 0.1) is 0 Å². The van der Waals surface area contributed by atoms with Gasteiger partial charge in [-0.15, -0.1) is 146 Å². The summed E-state index contributed by atoms with van der Waals surface area (Å²) in [7, 11) is 0. The predicted octanol–water partition coefficient (Wildman–Crippen LogP) is 12.8. The molecule has 48 heavy (non-hydrogen) atoms. The standard InChI is InChI=1S/2C9H11.2C9H7.4CH3.4ClH.2Si.2Zr/c4*1-2-5-9-7-3-6-8(9)4-1;;;;;;;;;;;;/h2*1-2,4,6,9H,3,5,7H2;2*1-7H;4*1H3;4*1H;;;;/q8*-1;;;;;;;;. The van der Waals surface area contributed by atoms with Crippen LogP contribution in [0.25, 0.3) is 21.5 Å². The molecular formula is C40H52Cl4Si2Zr2-8. The second-order valence-corrected chi connectivity index (χ2v) is 9.93. The Morgan fingerprint density at radius 3 is 1.21 bits per heavy atom. The van der Waals surface area contributed by atoms with Crippen molar-refractivity contribution < 1.29 is 46.7 Å². The van der Waals surface area contributed by atoms with Crippen LogP contribution in [0.1, 0.15) is 38.5 Å². The van der Waals surface area contributed by atoms with E-state index in [2.05, 4.69) is 148 Å². The van der Waals surface area contributed by atoms with Crippen molar-refractivity contribution >= 4 is 84.9 Å².